The molecule has 0 amide bonds. The van der Waals surface area contributed by atoms with Crippen molar-refractivity contribution in [2.75, 3.05) is 5.33 Å². The molecule has 124 valence electrons. The Morgan fingerprint density at radius 1 is 0.696 bits per heavy atom. The standard InChI is InChI=1S/C20H29BrN2/c1-2-3-4-5-6-13-22-15-8-19(9-16-22)20-10-17-23(18-11-20)14-7-12-21/h8-11,15-18H,2-7,12-14H2,1H3/q+2. The largest absolute Gasteiger partial charge is 0.205 e. The molecule has 0 bridgehead atoms. The van der Waals surface area contributed by atoms with Crippen molar-refractivity contribution in [3.05, 3.63) is 49.1 Å². The molecule has 0 saturated heterocycles. The fourth-order valence-corrected chi connectivity index (χ4v) is 2.99. The van der Waals surface area contributed by atoms with Crippen LogP contribution in [0.4, 0.5) is 0 Å². The third kappa shape index (κ3) is 6.42. The maximum absolute atomic E-state index is 3.48. The molecule has 0 fully saturated rings. The summed E-state index contributed by atoms with van der Waals surface area (Å²) in [6.07, 6.45) is 16.6. The molecule has 0 aliphatic rings. The molecule has 0 N–H and O–H groups in total. The lowest BCUT2D eigenvalue weighted by atomic mass is 10.1. The van der Waals surface area contributed by atoms with Gasteiger partial charge in [-0.15, -0.1) is 0 Å². The van der Waals surface area contributed by atoms with E-state index in [4.69, 9.17) is 0 Å². The summed E-state index contributed by atoms with van der Waals surface area (Å²) in [5, 5.41) is 1.05. The fourth-order valence-electron chi connectivity index (χ4n) is 2.74. The van der Waals surface area contributed by atoms with Gasteiger partial charge in [0.2, 0.25) is 0 Å². The van der Waals surface area contributed by atoms with Gasteiger partial charge in [0, 0.05) is 42.4 Å². The van der Waals surface area contributed by atoms with E-state index in [1.54, 1.807) is 0 Å². The molecule has 0 radical (unpaired) electrons. The van der Waals surface area contributed by atoms with Crippen molar-refractivity contribution in [3.8, 4) is 11.1 Å². The first-order valence-corrected chi connectivity index (χ1v) is 10.00. The van der Waals surface area contributed by atoms with E-state index in [0.717, 1.165) is 24.8 Å². The summed E-state index contributed by atoms with van der Waals surface area (Å²) >= 11 is 3.48. The molecule has 2 aromatic rings. The second kappa shape index (κ2) is 10.5. The topological polar surface area (TPSA) is 7.76 Å². The number of hydrogen-bond acceptors (Lipinski definition) is 0. The second-order valence-corrected chi connectivity index (χ2v) is 6.90. The van der Waals surface area contributed by atoms with Crippen LogP contribution in [0.25, 0.3) is 11.1 Å². The van der Waals surface area contributed by atoms with Gasteiger partial charge in [0.15, 0.2) is 24.8 Å². The number of aromatic nitrogens is 2. The molecule has 2 aromatic heterocycles. The number of rotatable bonds is 10. The molecule has 0 aromatic carbocycles. The zero-order chi connectivity index (χ0) is 16.3. The first kappa shape index (κ1) is 18.1. The predicted octanol–water partition coefficient (Wildman–Crippen LogP) is 4.68. The van der Waals surface area contributed by atoms with Crippen LogP contribution in [0.2, 0.25) is 0 Å². The van der Waals surface area contributed by atoms with E-state index in [9.17, 15) is 0 Å². The van der Waals surface area contributed by atoms with Crippen LogP contribution in [0.5, 0.6) is 0 Å². The quantitative estimate of drug-likeness (QED) is 0.323. The van der Waals surface area contributed by atoms with E-state index in [1.807, 2.05) is 0 Å². The molecule has 2 heterocycles. The van der Waals surface area contributed by atoms with E-state index >= 15 is 0 Å². The van der Waals surface area contributed by atoms with E-state index in [0.29, 0.717) is 0 Å². The van der Waals surface area contributed by atoms with Gasteiger partial charge in [-0.3, -0.25) is 0 Å². The molecular weight excluding hydrogens is 348 g/mol. The number of aryl methyl sites for hydroxylation is 2. The van der Waals surface area contributed by atoms with Gasteiger partial charge in [0.25, 0.3) is 0 Å². The molecule has 0 aliphatic carbocycles. The van der Waals surface area contributed by atoms with Crippen molar-refractivity contribution in [3.63, 3.8) is 0 Å². The van der Waals surface area contributed by atoms with Gasteiger partial charge in [0.05, 0.1) is 0 Å². The molecule has 0 saturated carbocycles. The van der Waals surface area contributed by atoms with Gasteiger partial charge in [-0.2, -0.15) is 0 Å². The molecule has 0 atom stereocenters. The molecule has 3 heteroatoms. The monoisotopic (exact) mass is 376 g/mol. The summed E-state index contributed by atoms with van der Waals surface area (Å²) < 4.78 is 4.54. The highest BCUT2D eigenvalue weighted by molar-refractivity contribution is 9.09. The maximum atomic E-state index is 3.48. The summed E-state index contributed by atoms with van der Waals surface area (Å²) in [5.74, 6) is 0. The van der Waals surface area contributed by atoms with Crippen molar-refractivity contribution in [1.82, 2.24) is 0 Å². The van der Waals surface area contributed by atoms with E-state index < -0.39 is 0 Å². The van der Waals surface area contributed by atoms with Crippen LogP contribution >= 0.6 is 15.9 Å². The zero-order valence-corrected chi connectivity index (χ0v) is 15.8. The molecule has 0 spiro atoms. The lowest BCUT2D eigenvalue weighted by Gasteiger charge is -2.02. The van der Waals surface area contributed by atoms with Crippen molar-refractivity contribution < 1.29 is 9.13 Å². The Bertz CT molecular complexity index is 549. The SMILES string of the molecule is CCCCCCC[n+]1ccc(-c2cc[n+](CCCBr)cc2)cc1. The summed E-state index contributed by atoms with van der Waals surface area (Å²) in [7, 11) is 0. The van der Waals surface area contributed by atoms with Gasteiger partial charge in [-0.25, -0.2) is 9.13 Å². The minimum atomic E-state index is 1.05. The third-order valence-corrected chi connectivity index (χ3v) is 4.75. The van der Waals surface area contributed by atoms with Crippen LogP contribution in [-0.2, 0) is 13.1 Å². The normalized spacial score (nSPS) is 10.9. The summed E-state index contributed by atoms with van der Waals surface area (Å²) in [4.78, 5) is 0. The molecular formula is C20H29BrN2+2. The van der Waals surface area contributed by atoms with Crippen LogP contribution in [0.1, 0.15) is 45.4 Å². The second-order valence-electron chi connectivity index (χ2n) is 6.11. The Labute approximate surface area is 149 Å². The van der Waals surface area contributed by atoms with E-state index in [2.05, 4.69) is 81.0 Å². The third-order valence-electron chi connectivity index (χ3n) is 4.19. The van der Waals surface area contributed by atoms with Crippen LogP contribution in [0.15, 0.2) is 49.1 Å². The highest BCUT2D eigenvalue weighted by Crippen LogP contribution is 2.15. The van der Waals surface area contributed by atoms with Gasteiger partial charge in [-0.1, -0.05) is 42.1 Å². The van der Waals surface area contributed by atoms with Gasteiger partial charge >= 0.3 is 0 Å². The van der Waals surface area contributed by atoms with Crippen LogP contribution in [0.3, 0.4) is 0 Å². The number of unbranched alkanes of at least 4 members (excludes halogenated alkanes) is 4. The van der Waals surface area contributed by atoms with E-state index in [1.165, 1.54) is 43.2 Å². The minimum Gasteiger partial charge on any atom is -0.205 e. The molecule has 2 rings (SSSR count). The fraction of sp³-hybridized carbons (Fsp3) is 0.500. The summed E-state index contributed by atoms with van der Waals surface area (Å²) in [6.45, 7) is 4.46. The van der Waals surface area contributed by atoms with Crippen LogP contribution < -0.4 is 9.13 Å². The average molecular weight is 377 g/mol. The Kier molecular flexibility index (Phi) is 8.30. The lowest BCUT2D eigenvalue weighted by Crippen LogP contribution is -2.33. The molecule has 23 heavy (non-hydrogen) atoms. The van der Waals surface area contributed by atoms with Gasteiger partial charge in [-0.05, 0) is 17.5 Å². The van der Waals surface area contributed by atoms with Crippen LogP contribution in [0, 0.1) is 0 Å². The number of alkyl halides is 1. The van der Waals surface area contributed by atoms with Crippen LogP contribution in [-0.4, -0.2) is 5.33 Å². The molecule has 0 unspecified atom stereocenters. The minimum absolute atomic E-state index is 1.05. The summed E-state index contributed by atoms with van der Waals surface area (Å²) in [6, 6.07) is 8.87. The Hall–Kier alpha value is -1.22. The summed E-state index contributed by atoms with van der Waals surface area (Å²) in [5.41, 5.74) is 2.58. The maximum Gasteiger partial charge on any atom is 0.169 e. The van der Waals surface area contributed by atoms with Gasteiger partial charge < -0.3 is 0 Å². The van der Waals surface area contributed by atoms with E-state index in [-0.39, 0.29) is 0 Å². The molecule has 0 aliphatic heterocycles. The smallest absolute Gasteiger partial charge is 0.169 e. The van der Waals surface area contributed by atoms with Crippen molar-refractivity contribution >= 4 is 15.9 Å². The Morgan fingerprint density at radius 2 is 1.17 bits per heavy atom. The number of hydrogen-bond donors (Lipinski definition) is 0. The van der Waals surface area contributed by atoms with Crippen molar-refractivity contribution in [2.24, 2.45) is 0 Å². The zero-order valence-electron chi connectivity index (χ0n) is 14.3. The Morgan fingerprint density at radius 3 is 1.65 bits per heavy atom. The number of nitrogens with zero attached hydrogens (tertiary/aromatic N) is 2. The number of pyridine rings is 2. The highest BCUT2D eigenvalue weighted by atomic mass is 79.9. The average Bonchev–Trinajstić information content (AvgIpc) is 2.61. The lowest BCUT2D eigenvalue weighted by molar-refractivity contribution is -0.697. The first-order chi connectivity index (χ1) is 11.3. The van der Waals surface area contributed by atoms with Gasteiger partial charge in [0.1, 0.15) is 13.1 Å². The predicted molar refractivity (Wildman–Crippen MR) is 99.4 cm³/mol. The number of halogens is 1. The Balaban J connectivity index is 1.86. The first-order valence-electron chi connectivity index (χ1n) is 8.88. The van der Waals surface area contributed by atoms with Crippen molar-refractivity contribution in [2.45, 2.75) is 58.5 Å². The highest BCUT2D eigenvalue weighted by Gasteiger charge is 2.05. The molecule has 2 nitrogen and oxygen atoms in total. The van der Waals surface area contributed by atoms with Crippen molar-refractivity contribution in [1.29, 1.82) is 0 Å².